The molecule has 0 spiro atoms. The third kappa shape index (κ3) is 6.14. The minimum absolute atomic E-state index is 0.195. The van der Waals surface area contributed by atoms with Crippen LogP contribution in [0.3, 0.4) is 0 Å². The molecule has 0 bridgehead atoms. The summed E-state index contributed by atoms with van der Waals surface area (Å²) >= 11 is 0. The second-order valence-corrected chi connectivity index (χ2v) is 7.02. The zero-order valence-electron chi connectivity index (χ0n) is 18.2. The predicted octanol–water partition coefficient (Wildman–Crippen LogP) is 2.84. The van der Waals surface area contributed by atoms with E-state index in [1.54, 1.807) is 11.9 Å². The zero-order chi connectivity index (χ0) is 22.1. The molecular formula is C22H32N4O4. The van der Waals surface area contributed by atoms with E-state index >= 15 is 0 Å². The first kappa shape index (κ1) is 23.6. The molecule has 0 saturated heterocycles. The van der Waals surface area contributed by atoms with Gasteiger partial charge in [-0.15, -0.1) is 0 Å². The Hall–Kier alpha value is -2.71. The van der Waals surface area contributed by atoms with Crippen molar-refractivity contribution in [2.75, 3.05) is 26.8 Å². The van der Waals surface area contributed by atoms with Crippen LogP contribution < -0.4 is 5.73 Å². The molecule has 0 aliphatic rings. The van der Waals surface area contributed by atoms with E-state index in [1.807, 2.05) is 51.1 Å². The Morgan fingerprint density at radius 2 is 1.80 bits per heavy atom. The molecular weight excluding hydrogens is 384 g/mol. The Labute approximate surface area is 177 Å². The summed E-state index contributed by atoms with van der Waals surface area (Å²) in [6, 6.07) is 10.9. The van der Waals surface area contributed by atoms with Crippen LogP contribution in [0.1, 0.15) is 66.2 Å². The van der Waals surface area contributed by atoms with Crippen molar-refractivity contribution in [1.82, 2.24) is 14.7 Å². The number of nitrogens with zero attached hydrogens (tertiary/aromatic N) is 3. The van der Waals surface area contributed by atoms with Crippen molar-refractivity contribution in [3.63, 3.8) is 0 Å². The van der Waals surface area contributed by atoms with Crippen molar-refractivity contribution in [1.29, 1.82) is 0 Å². The number of hydrogen-bond donors (Lipinski definition) is 1. The van der Waals surface area contributed by atoms with Crippen LogP contribution in [0.15, 0.2) is 36.4 Å². The maximum absolute atomic E-state index is 12.9. The van der Waals surface area contributed by atoms with Gasteiger partial charge in [0.25, 0.3) is 11.8 Å². The number of amides is 2. The molecule has 30 heavy (non-hydrogen) atoms. The average molecular weight is 417 g/mol. The highest BCUT2D eigenvalue weighted by molar-refractivity contribution is 5.97. The first-order valence-corrected chi connectivity index (χ1v) is 10.3. The van der Waals surface area contributed by atoms with Gasteiger partial charge >= 0.3 is 0 Å². The molecule has 0 saturated carbocycles. The van der Waals surface area contributed by atoms with Crippen LogP contribution in [0.5, 0.6) is 0 Å². The Kier molecular flexibility index (Phi) is 9.01. The van der Waals surface area contributed by atoms with Crippen LogP contribution in [0.25, 0.3) is 0 Å². The Morgan fingerprint density at radius 3 is 2.37 bits per heavy atom. The second kappa shape index (κ2) is 11.5. The van der Waals surface area contributed by atoms with E-state index in [2.05, 4.69) is 5.10 Å². The van der Waals surface area contributed by atoms with E-state index in [-0.39, 0.29) is 29.6 Å². The number of ether oxygens (including phenoxy) is 2. The van der Waals surface area contributed by atoms with Crippen LogP contribution in [0, 0.1) is 0 Å². The minimum Gasteiger partial charge on any atom is -0.364 e. The van der Waals surface area contributed by atoms with Gasteiger partial charge in [-0.1, -0.05) is 30.3 Å². The maximum Gasteiger partial charge on any atom is 0.274 e. The second-order valence-electron chi connectivity index (χ2n) is 7.02. The zero-order valence-corrected chi connectivity index (χ0v) is 18.2. The largest absolute Gasteiger partial charge is 0.364 e. The van der Waals surface area contributed by atoms with Crippen LogP contribution >= 0.6 is 0 Å². The van der Waals surface area contributed by atoms with Crippen LogP contribution in [0.2, 0.25) is 0 Å². The van der Waals surface area contributed by atoms with Crippen LogP contribution in [0.4, 0.5) is 0 Å². The lowest BCUT2D eigenvalue weighted by Crippen LogP contribution is -2.29. The standard InChI is InChI=1S/C22H32N4O4/c1-5-29-20(30-6-2)13-10-14-25(4)22(28)18-15-19(21(23)27)26(24-18)16(3)17-11-8-7-9-12-17/h7-9,11-12,15-16,20H,5-6,10,13-14H2,1-4H3,(H2,23,27). The molecule has 164 valence electrons. The molecule has 0 radical (unpaired) electrons. The third-order valence-corrected chi connectivity index (χ3v) is 4.84. The molecule has 8 nitrogen and oxygen atoms in total. The normalized spacial score (nSPS) is 12.2. The Bertz CT molecular complexity index is 816. The number of aromatic nitrogens is 2. The Morgan fingerprint density at radius 1 is 1.17 bits per heavy atom. The minimum atomic E-state index is -0.622. The van der Waals surface area contributed by atoms with Gasteiger partial charge in [-0.25, -0.2) is 0 Å². The number of primary amides is 1. The van der Waals surface area contributed by atoms with E-state index in [4.69, 9.17) is 15.2 Å². The van der Waals surface area contributed by atoms with E-state index in [0.29, 0.717) is 26.2 Å². The summed E-state index contributed by atoms with van der Waals surface area (Å²) in [6.45, 7) is 7.42. The molecule has 0 fully saturated rings. The fraction of sp³-hybridized carbons (Fsp3) is 0.500. The number of hydrogen-bond acceptors (Lipinski definition) is 5. The smallest absolute Gasteiger partial charge is 0.274 e. The molecule has 1 heterocycles. The molecule has 8 heteroatoms. The highest BCUT2D eigenvalue weighted by Gasteiger charge is 2.23. The lowest BCUT2D eigenvalue weighted by atomic mass is 10.1. The van der Waals surface area contributed by atoms with Crippen molar-refractivity contribution in [3.05, 3.63) is 53.3 Å². The molecule has 2 aromatic rings. The van der Waals surface area contributed by atoms with Crippen molar-refractivity contribution in [2.24, 2.45) is 5.73 Å². The van der Waals surface area contributed by atoms with Crippen LogP contribution in [-0.4, -0.2) is 59.6 Å². The van der Waals surface area contributed by atoms with E-state index in [9.17, 15) is 9.59 Å². The summed E-state index contributed by atoms with van der Waals surface area (Å²) in [7, 11) is 1.71. The van der Waals surface area contributed by atoms with Gasteiger partial charge in [0.1, 0.15) is 5.69 Å². The molecule has 1 atom stereocenters. The quantitative estimate of drug-likeness (QED) is 0.536. The summed E-state index contributed by atoms with van der Waals surface area (Å²) in [5.74, 6) is -0.885. The summed E-state index contributed by atoms with van der Waals surface area (Å²) in [6.07, 6.45) is 1.14. The SMILES string of the molecule is CCOC(CCCN(C)C(=O)c1cc(C(N)=O)n(C(C)c2ccccc2)n1)OCC. The lowest BCUT2D eigenvalue weighted by Gasteiger charge is -2.20. The number of carbonyl (C=O) groups excluding carboxylic acids is 2. The monoisotopic (exact) mass is 416 g/mol. The van der Waals surface area contributed by atoms with Gasteiger partial charge in [-0.2, -0.15) is 5.10 Å². The summed E-state index contributed by atoms with van der Waals surface area (Å²) in [5, 5.41) is 4.41. The maximum atomic E-state index is 12.9. The highest BCUT2D eigenvalue weighted by Crippen LogP contribution is 2.20. The van der Waals surface area contributed by atoms with E-state index in [0.717, 1.165) is 12.0 Å². The topological polar surface area (TPSA) is 99.7 Å². The van der Waals surface area contributed by atoms with Crippen molar-refractivity contribution in [3.8, 4) is 0 Å². The third-order valence-electron chi connectivity index (χ3n) is 4.84. The van der Waals surface area contributed by atoms with E-state index < -0.39 is 5.91 Å². The summed E-state index contributed by atoms with van der Waals surface area (Å²) in [4.78, 5) is 26.4. The van der Waals surface area contributed by atoms with Gasteiger partial charge < -0.3 is 20.1 Å². The van der Waals surface area contributed by atoms with Gasteiger partial charge in [-0.05, 0) is 32.8 Å². The van der Waals surface area contributed by atoms with Gasteiger partial charge in [0.15, 0.2) is 12.0 Å². The average Bonchev–Trinajstić information content (AvgIpc) is 3.19. The van der Waals surface area contributed by atoms with Gasteiger partial charge in [0.2, 0.25) is 0 Å². The lowest BCUT2D eigenvalue weighted by molar-refractivity contribution is -0.140. The number of carbonyl (C=O) groups is 2. The van der Waals surface area contributed by atoms with Crippen molar-refractivity contribution >= 4 is 11.8 Å². The van der Waals surface area contributed by atoms with Crippen molar-refractivity contribution in [2.45, 2.75) is 45.9 Å². The highest BCUT2D eigenvalue weighted by atomic mass is 16.7. The molecule has 2 N–H and O–H groups in total. The first-order valence-electron chi connectivity index (χ1n) is 10.3. The molecule has 0 aliphatic heterocycles. The first-order chi connectivity index (χ1) is 14.4. The molecule has 1 aromatic carbocycles. The molecule has 1 aromatic heterocycles. The molecule has 2 rings (SSSR count). The molecule has 2 amide bonds. The van der Waals surface area contributed by atoms with Gasteiger partial charge in [0.05, 0.1) is 6.04 Å². The fourth-order valence-corrected chi connectivity index (χ4v) is 3.23. The fourth-order valence-electron chi connectivity index (χ4n) is 3.23. The number of rotatable bonds is 12. The van der Waals surface area contributed by atoms with Gasteiger partial charge in [-0.3, -0.25) is 14.3 Å². The van der Waals surface area contributed by atoms with Gasteiger partial charge in [0, 0.05) is 39.3 Å². The number of benzene rings is 1. The Balaban J connectivity index is 2.09. The summed E-state index contributed by atoms with van der Waals surface area (Å²) < 4.78 is 12.6. The van der Waals surface area contributed by atoms with Crippen molar-refractivity contribution < 1.29 is 19.1 Å². The summed E-state index contributed by atoms with van der Waals surface area (Å²) in [5.41, 5.74) is 6.90. The molecule has 1 unspecified atom stereocenters. The predicted molar refractivity (Wildman–Crippen MR) is 114 cm³/mol. The number of nitrogens with two attached hydrogens (primary N) is 1. The molecule has 0 aliphatic carbocycles. The van der Waals surface area contributed by atoms with Crippen LogP contribution in [-0.2, 0) is 9.47 Å². The van der Waals surface area contributed by atoms with E-state index in [1.165, 1.54) is 10.7 Å².